The van der Waals surface area contributed by atoms with Crippen LogP contribution in [0.25, 0.3) is 0 Å². The molecule has 2 unspecified atom stereocenters. The van der Waals surface area contributed by atoms with Gasteiger partial charge in [0, 0.05) is 23.6 Å². The normalized spacial score (nSPS) is 24.6. The van der Waals surface area contributed by atoms with E-state index in [0.29, 0.717) is 6.04 Å². The third-order valence-corrected chi connectivity index (χ3v) is 4.30. The zero-order valence-corrected chi connectivity index (χ0v) is 13.2. The Balaban J connectivity index is 0.00000162. The molecule has 2 N–H and O–H groups in total. The maximum atomic E-state index is 5.91. The first-order chi connectivity index (χ1) is 8.20. The highest BCUT2D eigenvalue weighted by atomic mass is 79.9. The average Bonchev–Trinajstić information content (AvgIpc) is 2.32. The van der Waals surface area contributed by atoms with Gasteiger partial charge < -0.3 is 5.73 Å². The van der Waals surface area contributed by atoms with Crippen LogP contribution in [0.15, 0.2) is 28.7 Å². The number of nitrogens with two attached hydrogens (primary N) is 1. The van der Waals surface area contributed by atoms with Gasteiger partial charge in [-0.25, -0.2) is 0 Å². The second-order valence-electron chi connectivity index (χ2n) is 5.02. The summed E-state index contributed by atoms with van der Waals surface area (Å²) in [5.41, 5.74) is 7.29. The minimum absolute atomic E-state index is 0. The zero-order valence-electron chi connectivity index (χ0n) is 10.8. The Kier molecular flexibility index (Phi) is 6.64. The van der Waals surface area contributed by atoms with Gasteiger partial charge in [-0.15, -0.1) is 12.4 Å². The monoisotopic (exact) mass is 332 g/mol. The van der Waals surface area contributed by atoms with E-state index in [4.69, 9.17) is 5.73 Å². The van der Waals surface area contributed by atoms with E-state index in [1.54, 1.807) is 0 Å². The Labute approximate surface area is 124 Å². The number of hydrogen-bond donors (Lipinski definition) is 1. The summed E-state index contributed by atoms with van der Waals surface area (Å²) in [4.78, 5) is 2.54. The fourth-order valence-electron chi connectivity index (χ4n) is 2.74. The van der Waals surface area contributed by atoms with E-state index in [2.05, 4.69) is 52.0 Å². The molecule has 0 saturated carbocycles. The molecule has 0 bridgehead atoms. The van der Waals surface area contributed by atoms with Crippen molar-refractivity contribution in [1.82, 2.24) is 4.90 Å². The van der Waals surface area contributed by atoms with Crippen molar-refractivity contribution in [2.45, 2.75) is 32.4 Å². The number of halogens is 2. The molecule has 0 radical (unpaired) electrons. The van der Waals surface area contributed by atoms with Crippen LogP contribution in [0.5, 0.6) is 0 Å². The van der Waals surface area contributed by atoms with Crippen molar-refractivity contribution >= 4 is 28.3 Å². The number of nitrogens with zero attached hydrogens (tertiary/aromatic N) is 1. The minimum atomic E-state index is 0. The van der Waals surface area contributed by atoms with Gasteiger partial charge in [-0.1, -0.05) is 35.0 Å². The second-order valence-corrected chi connectivity index (χ2v) is 5.94. The Morgan fingerprint density at radius 3 is 2.61 bits per heavy atom. The SMILES string of the molecule is CC1CCCN(Cc2ccc(Br)cc2)C1CN.Cl. The molecule has 1 aromatic carbocycles. The van der Waals surface area contributed by atoms with E-state index in [1.165, 1.54) is 24.9 Å². The largest absolute Gasteiger partial charge is 0.329 e. The summed E-state index contributed by atoms with van der Waals surface area (Å²) < 4.78 is 1.14. The third-order valence-electron chi connectivity index (χ3n) is 3.77. The quantitative estimate of drug-likeness (QED) is 0.918. The molecule has 18 heavy (non-hydrogen) atoms. The van der Waals surface area contributed by atoms with Gasteiger partial charge in [0.1, 0.15) is 0 Å². The first-order valence-corrected chi connectivity index (χ1v) is 7.18. The smallest absolute Gasteiger partial charge is 0.0247 e. The van der Waals surface area contributed by atoms with Crippen LogP contribution >= 0.6 is 28.3 Å². The summed E-state index contributed by atoms with van der Waals surface area (Å²) in [5, 5.41) is 0. The molecule has 0 aliphatic carbocycles. The van der Waals surface area contributed by atoms with Crippen LogP contribution in [0.3, 0.4) is 0 Å². The van der Waals surface area contributed by atoms with Crippen LogP contribution < -0.4 is 5.73 Å². The average molecular weight is 334 g/mol. The van der Waals surface area contributed by atoms with E-state index >= 15 is 0 Å². The fraction of sp³-hybridized carbons (Fsp3) is 0.571. The summed E-state index contributed by atoms with van der Waals surface area (Å²) in [6.45, 7) is 5.31. The van der Waals surface area contributed by atoms with Crippen LogP contribution in [0, 0.1) is 5.92 Å². The number of rotatable bonds is 3. The van der Waals surface area contributed by atoms with Gasteiger partial charge >= 0.3 is 0 Å². The summed E-state index contributed by atoms with van der Waals surface area (Å²) >= 11 is 3.47. The number of piperidine rings is 1. The molecule has 2 rings (SSSR count). The van der Waals surface area contributed by atoms with Gasteiger partial charge in [0.15, 0.2) is 0 Å². The molecule has 1 saturated heterocycles. The first kappa shape index (κ1) is 16.0. The molecule has 1 aliphatic heterocycles. The van der Waals surface area contributed by atoms with Crippen molar-refractivity contribution < 1.29 is 0 Å². The van der Waals surface area contributed by atoms with Crippen LogP contribution in [-0.2, 0) is 6.54 Å². The topological polar surface area (TPSA) is 29.3 Å². The molecule has 0 spiro atoms. The van der Waals surface area contributed by atoms with Gasteiger partial charge in [-0.3, -0.25) is 4.90 Å². The number of likely N-dealkylation sites (tertiary alicyclic amines) is 1. The molecule has 1 heterocycles. The Morgan fingerprint density at radius 2 is 2.00 bits per heavy atom. The maximum absolute atomic E-state index is 5.91. The molecule has 1 fully saturated rings. The molecule has 102 valence electrons. The zero-order chi connectivity index (χ0) is 12.3. The van der Waals surface area contributed by atoms with Crippen LogP contribution in [0.4, 0.5) is 0 Å². The van der Waals surface area contributed by atoms with E-state index < -0.39 is 0 Å². The summed E-state index contributed by atoms with van der Waals surface area (Å²) in [5.74, 6) is 0.726. The molecule has 2 atom stereocenters. The lowest BCUT2D eigenvalue weighted by Gasteiger charge is -2.39. The van der Waals surface area contributed by atoms with Crippen molar-refractivity contribution in [3.05, 3.63) is 34.3 Å². The second kappa shape index (κ2) is 7.49. The molecule has 1 aromatic rings. The molecule has 0 amide bonds. The minimum Gasteiger partial charge on any atom is -0.329 e. The van der Waals surface area contributed by atoms with E-state index in [1.807, 2.05) is 0 Å². The van der Waals surface area contributed by atoms with E-state index in [0.717, 1.165) is 23.5 Å². The molecule has 1 aliphatic rings. The summed E-state index contributed by atoms with van der Waals surface area (Å²) in [7, 11) is 0. The van der Waals surface area contributed by atoms with Crippen LogP contribution in [-0.4, -0.2) is 24.0 Å². The van der Waals surface area contributed by atoms with Crippen molar-refractivity contribution in [1.29, 1.82) is 0 Å². The van der Waals surface area contributed by atoms with Gasteiger partial charge in [-0.2, -0.15) is 0 Å². The lowest BCUT2D eigenvalue weighted by molar-refractivity contribution is 0.0991. The highest BCUT2D eigenvalue weighted by Crippen LogP contribution is 2.24. The van der Waals surface area contributed by atoms with Crippen LogP contribution in [0.1, 0.15) is 25.3 Å². The van der Waals surface area contributed by atoms with Crippen molar-refractivity contribution in [2.75, 3.05) is 13.1 Å². The first-order valence-electron chi connectivity index (χ1n) is 6.39. The predicted molar refractivity (Wildman–Crippen MR) is 83.0 cm³/mol. The number of benzene rings is 1. The predicted octanol–water partition coefficient (Wildman–Crippen LogP) is 3.43. The standard InChI is InChI=1S/C14H21BrN2.ClH/c1-11-3-2-8-17(14(11)9-16)10-12-4-6-13(15)7-5-12;/h4-7,11,14H,2-3,8-10,16H2,1H3;1H. The number of hydrogen-bond acceptors (Lipinski definition) is 2. The summed E-state index contributed by atoms with van der Waals surface area (Å²) in [6.07, 6.45) is 2.62. The Hall–Kier alpha value is -0.0900. The lowest BCUT2D eigenvalue weighted by Crippen LogP contribution is -2.47. The van der Waals surface area contributed by atoms with Crippen LogP contribution in [0.2, 0.25) is 0 Å². The molecular formula is C14H22BrClN2. The van der Waals surface area contributed by atoms with Gasteiger partial charge in [0.05, 0.1) is 0 Å². The van der Waals surface area contributed by atoms with Crippen molar-refractivity contribution in [3.63, 3.8) is 0 Å². The van der Waals surface area contributed by atoms with Gasteiger partial charge in [-0.05, 0) is 43.0 Å². The van der Waals surface area contributed by atoms with Crippen molar-refractivity contribution in [3.8, 4) is 0 Å². The molecule has 4 heteroatoms. The lowest BCUT2D eigenvalue weighted by atomic mass is 9.90. The van der Waals surface area contributed by atoms with Gasteiger partial charge in [0.25, 0.3) is 0 Å². The Morgan fingerprint density at radius 1 is 1.33 bits per heavy atom. The fourth-order valence-corrected chi connectivity index (χ4v) is 3.00. The van der Waals surface area contributed by atoms with Gasteiger partial charge in [0.2, 0.25) is 0 Å². The molecule has 0 aromatic heterocycles. The Bertz CT molecular complexity index is 355. The van der Waals surface area contributed by atoms with Crippen molar-refractivity contribution in [2.24, 2.45) is 11.7 Å². The maximum Gasteiger partial charge on any atom is 0.0247 e. The molecular weight excluding hydrogens is 312 g/mol. The van der Waals surface area contributed by atoms with E-state index in [-0.39, 0.29) is 12.4 Å². The molecule has 2 nitrogen and oxygen atoms in total. The van der Waals surface area contributed by atoms with E-state index in [9.17, 15) is 0 Å². The summed E-state index contributed by atoms with van der Waals surface area (Å²) in [6, 6.07) is 9.15. The highest BCUT2D eigenvalue weighted by Gasteiger charge is 2.26. The highest BCUT2D eigenvalue weighted by molar-refractivity contribution is 9.10. The third kappa shape index (κ3) is 3.95.